The van der Waals surface area contributed by atoms with E-state index in [1.165, 1.54) is 0 Å². The molecule has 7 nitrogen and oxygen atoms in total. The molecule has 1 atom stereocenters. The van der Waals surface area contributed by atoms with Gasteiger partial charge in [-0.05, 0) is 36.4 Å². The predicted octanol–water partition coefficient (Wildman–Crippen LogP) is 4.15. The average Bonchev–Trinajstić information content (AvgIpc) is 3.20. The third kappa shape index (κ3) is 4.45. The second-order valence-corrected chi connectivity index (χ2v) is 6.66. The molecule has 1 heterocycles. The van der Waals surface area contributed by atoms with Gasteiger partial charge in [0.2, 0.25) is 0 Å². The molecule has 3 rings (SSSR count). The van der Waals surface area contributed by atoms with Crippen molar-refractivity contribution in [3.63, 3.8) is 0 Å². The zero-order valence-corrected chi connectivity index (χ0v) is 16.6. The van der Waals surface area contributed by atoms with Crippen molar-refractivity contribution < 1.29 is 23.4 Å². The zero-order chi connectivity index (χ0) is 19.9. The molecule has 0 bridgehead atoms. The number of carbonyl (C=O) groups is 1. The second kappa shape index (κ2) is 9.27. The molecule has 0 unspecified atom stereocenters. The Morgan fingerprint density at radius 3 is 2.57 bits per heavy atom. The normalized spacial score (nSPS) is 11.7. The van der Waals surface area contributed by atoms with Gasteiger partial charge in [-0.3, -0.25) is 4.79 Å². The van der Waals surface area contributed by atoms with E-state index < -0.39 is 5.25 Å². The standard InChI is InChI=1S/C20H20N2O5S/c1-4-26-19(23)17(13-8-6-5-7-9-13)28-20-22-21-18(27-20)15-11-10-14(24-2)12-16(15)25-3/h5-12,17H,4H2,1-3H3/t17-/m0/s1. The van der Waals surface area contributed by atoms with Crippen LogP contribution in [-0.4, -0.2) is 37.0 Å². The number of benzene rings is 2. The van der Waals surface area contributed by atoms with Crippen LogP contribution in [0.4, 0.5) is 0 Å². The number of methoxy groups -OCH3 is 2. The fraction of sp³-hybridized carbons (Fsp3) is 0.250. The van der Waals surface area contributed by atoms with Crippen LogP contribution in [0.3, 0.4) is 0 Å². The number of rotatable bonds is 8. The van der Waals surface area contributed by atoms with Gasteiger partial charge in [0.1, 0.15) is 16.7 Å². The van der Waals surface area contributed by atoms with Crippen molar-refractivity contribution in [3.8, 4) is 23.0 Å². The van der Waals surface area contributed by atoms with Crippen LogP contribution in [0.15, 0.2) is 58.2 Å². The highest BCUT2D eigenvalue weighted by atomic mass is 32.2. The lowest BCUT2D eigenvalue weighted by Gasteiger charge is -2.13. The maximum atomic E-state index is 12.4. The quantitative estimate of drug-likeness (QED) is 0.412. The van der Waals surface area contributed by atoms with E-state index in [0.717, 1.165) is 17.3 Å². The van der Waals surface area contributed by atoms with Gasteiger partial charge in [-0.2, -0.15) is 0 Å². The molecule has 28 heavy (non-hydrogen) atoms. The van der Waals surface area contributed by atoms with Crippen LogP contribution in [0.2, 0.25) is 0 Å². The van der Waals surface area contributed by atoms with Gasteiger partial charge in [0, 0.05) is 6.07 Å². The largest absolute Gasteiger partial charge is 0.497 e. The molecule has 0 radical (unpaired) electrons. The van der Waals surface area contributed by atoms with E-state index >= 15 is 0 Å². The summed E-state index contributed by atoms with van der Waals surface area (Å²) in [4.78, 5) is 12.4. The summed E-state index contributed by atoms with van der Waals surface area (Å²) < 4.78 is 21.6. The molecule has 8 heteroatoms. The topological polar surface area (TPSA) is 83.7 Å². The minimum atomic E-state index is -0.604. The summed E-state index contributed by atoms with van der Waals surface area (Å²) >= 11 is 1.15. The Kier molecular flexibility index (Phi) is 6.54. The number of ether oxygens (including phenoxy) is 3. The van der Waals surface area contributed by atoms with E-state index in [-0.39, 0.29) is 17.1 Å². The summed E-state index contributed by atoms with van der Waals surface area (Å²) in [5.74, 6) is 1.13. The average molecular weight is 400 g/mol. The Balaban J connectivity index is 1.87. The van der Waals surface area contributed by atoms with Crippen molar-refractivity contribution in [2.45, 2.75) is 17.4 Å². The van der Waals surface area contributed by atoms with Crippen LogP contribution in [0.1, 0.15) is 17.7 Å². The first-order valence-electron chi connectivity index (χ1n) is 8.60. The summed E-state index contributed by atoms with van der Waals surface area (Å²) in [6.45, 7) is 2.06. The summed E-state index contributed by atoms with van der Waals surface area (Å²) in [5, 5.41) is 7.82. The first-order valence-corrected chi connectivity index (χ1v) is 9.48. The van der Waals surface area contributed by atoms with Crippen molar-refractivity contribution in [2.75, 3.05) is 20.8 Å². The maximum absolute atomic E-state index is 12.4. The molecule has 0 aliphatic rings. The van der Waals surface area contributed by atoms with E-state index in [2.05, 4.69) is 10.2 Å². The van der Waals surface area contributed by atoms with Crippen molar-refractivity contribution in [3.05, 3.63) is 54.1 Å². The molecule has 0 fully saturated rings. The Labute approximate surface area is 167 Å². The minimum Gasteiger partial charge on any atom is -0.497 e. The maximum Gasteiger partial charge on any atom is 0.324 e. The van der Waals surface area contributed by atoms with Crippen LogP contribution in [-0.2, 0) is 9.53 Å². The lowest BCUT2D eigenvalue weighted by molar-refractivity contribution is -0.142. The Morgan fingerprint density at radius 2 is 1.89 bits per heavy atom. The molecule has 0 amide bonds. The fourth-order valence-corrected chi connectivity index (χ4v) is 3.41. The van der Waals surface area contributed by atoms with E-state index in [9.17, 15) is 4.79 Å². The highest BCUT2D eigenvalue weighted by Crippen LogP contribution is 2.38. The van der Waals surface area contributed by atoms with Gasteiger partial charge in [-0.15, -0.1) is 10.2 Å². The van der Waals surface area contributed by atoms with E-state index in [1.54, 1.807) is 39.3 Å². The van der Waals surface area contributed by atoms with Crippen molar-refractivity contribution >= 4 is 17.7 Å². The molecular formula is C20H20N2O5S. The monoisotopic (exact) mass is 400 g/mol. The Hall–Kier alpha value is -3.00. The molecule has 146 valence electrons. The molecule has 3 aromatic rings. The summed E-state index contributed by atoms with van der Waals surface area (Å²) in [5.41, 5.74) is 1.43. The second-order valence-electron chi connectivity index (χ2n) is 5.60. The third-order valence-electron chi connectivity index (χ3n) is 3.87. The van der Waals surface area contributed by atoms with Crippen LogP contribution in [0, 0.1) is 0 Å². The number of thioether (sulfide) groups is 1. The summed E-state index contributed by atoms with van der Waals surface area (Å²) in [6.07, 6.45) is 0. The van der Waals surface area contributed by atoms with Crippen LogP contribution in [0.5, 0.6) is 11.5 Å². The van der Waals surface area contributed by atoms with Gasteiger partial charge in [0.15, 0.2) is 0 Å². The molecule has 0 N–H and O–H groups in total. The zero-order valence-electron chi connectivity index (χ0n) is 15.7. The van der Waals surface area contributed by atoms with Crippen LogP contribution in [0.25, 0.3) is 11.5 Å². The van der Waals surface area contributed by atoms with Gasteiger partial charge in [-0.1, -0.05) is 30.3 Å². The highest BCUT2D eigenvalue weighted by Gasteiger charge is 2.26. The van der Waals surface area contributed by atoms with Gasteiger partial charge in [-0.25, -0.2) is 0 Å². The van der Waals surface area contributed by atoms with Crippen LogP contribution < -0.4 is 9.47 Å². The Bertz CT molecular complexity index is 929. The Morgan fingerprint density at radius 1 is 1.11 bits per heavy atom. The van der Waals surface area contributed by atoms with Crippen molar-refractivity contribution in [1.82, 2.24) is 10.2 Å². The van der Waals surface area contributed by atoms with Gasteiger partial charge in [0.25, 0.3) is 11.1 Å². The predicted molar refractivity (Wildman–Crippen MR) is 105 cm³/mol. The smallest absolute Gasteiger partial charge is 0.324 e. The molecular weight excluding hydrogens is 380 g/mol. The summed E-state index contributed by atoms with van der Waals surface area (Å²) in [7, 11) is 3.13. The number of aromatic nitrogens is 2. The van der Waals surface area contributed by atoms with E-state index in [1.807, 2.05) is 30.3 Å². The third-order valence-corrected chi connectivity index (χ3v) is 4.93. The molecule has 0 saturated carbocycles. The van der Waals surface area contributed by atoms with Crippen molar-refractivity contribution in [2.24, 2.45) is 0 Å². The first kappa shape index (κ1) is 19.8. The molecule has 1 aromatic heterocycles. The first-order chi connectivity index (χ1) is 13.7. The fourth-order valence-electron chi connectivity index (χ4n) is 2.54. The van der Waals surface area contributed by atoms with Crippen LogP contribution >= 0.6 is 11.8 Å². The SMILES string of the molecule is CCOC(=O)[C@@H](Sc1nnc(-c2ccc(OC)cc2OC)o1)c1ccccc1. The number of hydrogen-bond acceptors (Lipinski definition) is 8. The number of carbonyl (C=O) groups excluding carboxylic acids is 1. The van der Waals surface area contributed by atoms with Gasteiger partial charge >= 0.3 is 5.97 Å². The lowest BCUT2D eigenvalue weighted by atomic mass is 10.1. The molecule has 0 aliphatic carbocycles. The van der Waals surface area contributed by atoms with E-state index in [0.29, 0.717) is 23.7 Å². The highest BCUT2D eigenvalue weighted by molar-refractivity contribution is 8.00. The number of hydrogen-bond donors (Lipinski definition) is 0. The number of nitrogens with zero attached hydrogens (tertiary/aromatic N) is 2. The van der Waals surface area contributed by atoms with Crippen molar-refractivity contribution in [1.29, 1.82) is 0 Å². The molecule has 0 saturated heterocycles. The molecule has 0 aliphatic heterocycles. The van der Waals surface area contributed by atoms with Gasteiger partial charge < -0.3 is 18.6 Å². The van der Waals surface area contributed by atoms with E-state index in [4.69, 9.17) is 18.6 Å². The lowest BCUT2D eigenvalue weighted by Crippen LogP contribution is -2.13. The molecule has 2 aromatic carbocycles. The van der Waals surface area contributed by atoms with Gasteiger partial charge in [0.05, 0.1) is 26.4 Å². The minimum absolute atomic E-state index is 0.259. The number of esters is 1. The molecule has 0 spiro atoms. The summed E-state index contributed by atoms with van der Waals surface area (Å²) in [6, 6.07) is 14.6.